The van der Waals surface area contributed by atoms with Gasteiger partial charge in [-0.3, -0.25) is 9.69 Å². The second kappa shape index (κ2) is 8.25. The zero-order valence-electron chi connectivity index (χ0n) is 16.2. The Kier molecular flexibility index (Phi) is 5.36. The lowest BCUT2D eigenvalue weighted by atomic mass is 10.1. The molecule has 2 aromatic carbocycles. The Morgan fingerprint density at radius 3 is 2.59 bits per heavy atom. The minimum Gasteiger partial charge on any atom is -0.337 e. The molecule has 0 spiro atoms. The normalized spacial score (nSPS) is 15.7. The van der Waals surface area contributed by atoms with Crippen molar-refractivity contribution >= 4 is 5.91 Å². The maximum atomic E-state index is 12.7. The minimum absolute atomic E-state index is 0.0286. The van der Waals surface area contributed by atoms with Gasteiger partial charge in [0.05, 0.1) is 17.7 Å². The molecule has 0 saturated carbocycles. The molecule has 1 saturated heterocycles. The molecule has 146 valence electrons. The number of hydrogen-bond donors (Lipinski definition) is 0. The van der Waals surface area contributed by atoms with Crippen LogP contribution in [0.25, 0.3) is 11.4 Å². The van der Waals surface area contributed by atoms with Crippen molar-refractivity contribution < 1.29 is 9.32 Å². The largest absolute Gasteiger partial charge is 0.337 e. The van der Waals surface area contributed by atoms with E-state index in [0.717, 1.165) is 5.56 Å². The summed E-state index contributed by atoms with van der Waals surface area (Å²) in [6.45, 7) is 4.69. The van der Waals surface area contributed by atoms with Crippen LogP contribution in [-0.4, -0.2) is 52.0 Å². The van der Waals surface area contributed by atoms with Gasteiger partial charge in [-0.2, -0.15) is 10.2 Å². The average molecular weight is 387 g/mol. The molecule has 1 amide bonds. The maximum absolute atomic E-state index is 12.7. The fraction of sp³-hybridized carbons (Fsp3) is 0.273. The van der Waals surface area contributed by atoms with Crippen LogP contribution in [0.5, 0.6) is 0 Å². The highest BCUT2D eigenvalue weighted by Crippen LogP contribution is 2.23. The molecule has 2 heterocycles. The van der Waals surface area contributed by atoms with Crippen LogP contribution in [0.15, 0.2) is 59.1 Å². The quantitative estimate of drug-likeness (QED) is 0.684. The van der Waals surface area contributed by atoms with Crippen LogP contribution in [0.3, 0.4) is 0 Å². The van der Waals surface area contributed by atoms with Crippen LogP contribution >= 0.6 is 0 Å². The molecular weight excluding hydrogens is 366 g/mol. The summed E-state index contributed by atoms with van der Waals surface area (Å²) in [6.07, 6.45) is 0. The van der Waals surface area contributed by atoms with E-state index in [1.807, 2.05) is 42.2 Å². The number of nitriles is 1. The van der Waals surface area contributed by atoms with E-state index in [1.54, 1.807) is 24.3 Å². The summed E-state index contributed by atoms with van der Waals surface area (Å²) in [5.41, 5.74) is 1.97. The molecule has 1 atom stereocenters. The topological polar surface area (TPSA) is 86.3 Å². The first-order valence-corrected chi connectivity index (χ1v) is 9.58. The van der Waals surface area contributed by atoms with E-state index in [0.29, 0.717) is 49.0 Å². The van der Waals surface area contributed by atoms with Crippen LogP contribution in [0.2, 0.25) is 0 Å². The van der Waals surface area contributed by atoms with E-state index in [4.69, 9.17) is 9.78 Å². The monoisotopic (exact) mass is 387 g/mol. The fourth-order valence-electron chi connectivity index (χ4n) is 3.48. The van der Waals surface area contributed by atoms with Gasteiger partial charge in [0, 0.05) is 37.3 Å². The molecule has 1 aromatic heterocycles. The Balaban J connectivity index is 1.39. The standard InChI is InChI=1S/C22H21N5O2/c1-16(21-24-20(25-29-21)18-7-3-2-4-8-18)26-10-12-27(13-11-26)22(28)19-9-5-6-17(14-19)15-23/h2-9,14,16H,10-13H2,1H3. The summed E-state index contributed by atoms with van der Waals surface area (Å²) in [6, 6.07) is 18.6. The Morgan fingerprint density at radius 2 is 1.86 bits per heavy atom. The first-order chi connectivity index (χ1) is 14.2. The van der Waals surface area contributed by atoms with Crippen LogP contribution in [0.1, 0.15) is 34.8 Å². The van der Waals surface area contributed by atoms with E-state index in [2.05, 4.69) is 21.1 Å². The number of piperazine rings is 1. The van der Waals surface area contributed by atoms with Gasteiger partial charge in [0.2, 0.25) is 11.7 Å². The zero-order valence-corrected chi connectivity index (χ0v) is 16.2. The van der Waals surface area contributed by atoms with Gasteiger partial charge in [-0.05, 0) is 25.1 Å². The Labute approximate surface area is 169 Å². The highest BCUT2D eigenvalue weighted by Gasteiger charge is 2.28. The Bertz CT molecular complexity index is 1030. The van der Waals surface area contributed by atoms with Crippen LogP contribution in [0, 0.1) is 11.3 Å². The number of benzene rings is 2. The SMILES string of the molecule is CC(c1nc(-c2ccccc2)no1)N1CCN(C(=O)c2cccc(C#N)c2)CC1. The number of nitrogens with zero attached hydrogens (tertiary/aromatic N) is 5. The zero-order chi connectivity index (χ0) is 20.2. The molecule has 1 fully saturated rings. The van der Waals surface area contributed by atoms with Crippen molar-refractivity contribution in [3.8, 4) is 17.5 Å². The van der Waals surface area contributed by atoms with Gasteiger partial charge in [0.15, 0.2) is 0 Å². The van der Waals surface area contributed by atoms with Gasteiger partial charge < -0.3 is 9.42 Å². The van der Waals surface area contributed by atoms with Gasteiger partial charge in [-0.1, -0.05) is 41.6 Å². The minimum atomic E-state index is -0.0430. The van der Waals surface area contributed by atoms with Crippen molar-refractivity contribution in [1.82, 2.24) is 19.9 Å². The van der Waals surface area contributed by atoms with Crippen molar-refractivity contribution in [2.75, 3.05) is 26.2 Å². The van der Waals surface area contributed by atoms with E-state index in [1.165, 1.54) is 0 Å². The summed E-state index contributed by atoms with van der Waals surface area (Å²) in [5.74, 6) is 1.11. The van der Waals surface area contributed by atoms with Crippen LogP contribution in [-0.2, 0) is 0 Å². The number of rotatable bonds is 4. The van der Waals surface area contributed by atoms with E-state index in [-0.39, 0.29) is 11.9 Å². The highest BCUT2D eigenvalue weighted by molar-refractivity contribution is 5.94. The molecule has 0 radical (unpaired) electrons. The third-order valence-electron chi connectivity index (χ3n) is 5.22. The van der Waals surface area contributed by atoms with Crippen molar-refractivity contribution in [3.63, 3.8) is 0 Å². The molecule has 1 aliphatic rings. The Hall–Kier alpha value is -3.50. The molecule has 0 bridgehead atoms. The first-order valence-electron chi connectivity index (χ1n) is 9.58. The Morgan fingerprint density at radius 1 is 1.10 bits per heavy atom. The molecular formula is C22H21N5O2. The molecule has 1 unspecified atom stereocenters. The van der Waals surface area contributed by atoms with Crippen molar-refractivity contribution in [1.29, 1.82) is 5.26 Å². The molecule has 29 heavy (non-hydrogen) atoms. The summed E-state index contributed by atoms with van der Waals surface area (Å²) >= 11 is 0. The van der Waals surface area contributed by atoms with Crippen molar-refractivity contribution in [3.05, 3.63) is 71.6 Å². The number of hydrogen-bond acceptors (Lipinski definition) is 6. The third-order valence-corrected chi connectivity index (χ3v) is 5.22. The molecule has 3 aromatic rings. The molecule has 0 aliphatic carbocycles. The molecule has 0 N–H and O–H groups in total. The van der Waals surface area contributed by atoms with Gasteiger partial charge in [-0.25, -0.2) is 0 Å². The summed E-state index contributed by atoms with van der Waals surface area (Å²) in [5, 5.41) is 13.1. The van der Waals surface area contributed by atoms with E-state index in [9.17, 15) is 4.79 Å². The van der Waals surface area contributed by atoms with Gasteiger partial charge >= 0.3 is 0 Å². The van der Waals surface area contributed by atoms with E-state index >= 15 is 0 Å². The van der Waals surface area contributed by atoms with Gasteiger partial charge in [-0.15, -0.1) is 0 Å². The molecule has 4 rings (SSSR count). The third kappa shape index (κ3) is 4.03. The number of carbonyl (C=O) groups is 1. The number of carbonyl (C=O) groups excluding carboxylic acids is 1. The van der Waals surface area contributed by atoms with Crippen molar-refractivity contribution in [2.45, 2.75) is 13.0 Å². The lowest BCUT2D eigenvalue weighted by Gasteiger charge is -2.36. The van der Waals surface area contributed by atoms with Crippen molar-refractivity contribution in [2.24, 2.45) is 0 Å². The van der Waals surface area contributed by atoms with Crippen LogP contribution < -0.4 is 0 Å². The molecule has 1 aliphatic heterocycles. The average Bonchev–Trinajstić information content (AvgIpc) is 3.29. The molecule has 7 nitrogen and oxygen atoms in total. The summed E-state index contributed by atoms with van der Waals surface area (Å²) < 4.78 is 5.49. The number of aromatic nitrogens is 2. The predicted octanol–water partition coefficient (Wildman–Crippen LogP) is 3.13. The summed E-state index contributed by atoms with van der Waals surface area (Å²) in [4.78, 5) is 21.3. The van der Waals surface area contributed by atoms with Gasteiger partial charge in [0.25, 0.3) is 5.91 Å². The number of amides is 1. The van der Waals surface area contributed by atoms with Crippen LogP contribution in [0.4, 0.5) is 0 Å². The highest BCUT2D eigenvalue weighted by atomic mass is 16.5. The second-order valence-electron chi connectivity index (χ2n) is 7.02. The van der Waals surface area contributed by atoms with Gasteiger partial charge in [0.1, 0.15) is 0 Å². The summed E-state index contributed by atoms with van der Waals surface area (Å²) in [7, 11) is 0. The maximum Gasteiger partial charge on any atom is 0.253 e. The van der Waals surface area contributed by atoms with E-state index < -0.39 is 0 Å². The smallest absolute Gasteiger partial charge is 0.253 e. The lowest BCUT2D eigenvalue weighted by Crippen LogP contribution is -2.49. The molecule has 7 heteroatoms. The predicted molar refractivity (Wildman–Crippen MR) is 107 cm³/mol. The first kappa shape index (κ1) is 18.8. The fourth-order valence-corrected chi connectivity index (χ4v) is 3.48. The second-order valence-corrected chi connectivity index (χ2v) is 7.02. The lowest BCUT2D eigenvalue weighted by molar-refractivity contribution is 0.0551.